The molecule has 0 radical (unpaired) electrons. The number of aromatic amines is 1. The van der Waals surface area contributed by atoms with Gasteiger partial charge < -0.3 is 15.0 Å². The molecule has 0 unspecified atom stereocenters. The van der Waals surface area contributed by atoms with Gasteiger partial charge in [0.05, 0.1) is 6.33 Å². The second kappa shape index (κ2) is 1.15. The van der Waals surface area contributed by atoms with Gasteiger partial charge in [-0.15, -0.1) is 0 Å². The van der Waals surface area contributed by atoms with E-state index in [2.05, 4.69) is 15.3 Å². The minimum atomic E-state index is 0.537. The molecule has 0 saturated heterocycles. The molecule has 4 nitrogen and oxygen atoms in total. The van der Waals surface area contributed by atoms with E-state index in [-0.39, 0.29) is 0 Å². The highest BCUT2D eigenvalue weighted by atomic mass is 16.5. The van der Waals surface area contributed by atoms with Gasteiger partial charge in [-0.25, -0.2) is 4.98 Å². The predicted molar refractivity (Wildman–Crippen MR) is 27.7 cm³/mol. The van der Waals surface area contributed by atoms with Crippen molar-refractivity contribution in [1.82, 2.24) is 9.97 Å². The molecule has 2 N–H and O–H groups in total. The highest BCUT2D eigenvalue weighted by molar-refractivity contribution is 5.47. The Kier molecular flexibility index (Phi) is 0.542. The summed E-state index contributed by atoms with van der Waals surface area (Å²) < 4.78 is 4.98. The third-order valence-corrected chi connectivity index (χ3v) is 1.06. The molecule has 1 aliphatic rings. The molecule has 0 atom stereocenters. The lowest BCUT2D eigenvalue weighted by Gasteiger charge is -1.85. The summed E-state index contributed by atoms with van der Waals surface area (Å²) in [5.41, 5.74) is 0. The SMILES string of the molecule is c1nc2c([nH]1)NCO2. The van der Waals surface area contributed by atoms with Gasteiger partial charge in [-0.05, 0) is 0 Å². The number of aromatic nitrogens is 2. The third kappa shape index (κ3) is 0.318. The Morgan fingerprint density at radius 1 is 1.75 bits per heavy atom. The molecule has 1 aromatic heterocycles. The van der Waals surface area contributed by atoms with Crippen molar-refractivity contribution in [2.75, 3.05) is 12.0 Å². The first-order chi connectivity index (χ1) is 3.97. The lowest BCUT2D eigenvalue weighted by molar-refractivity contribution is 0.360. The van der Waals surface area contributed by atoms with Crippen LogP contribution < -0.4 is 10.1 Å². The fourth-order valence-corrected chi connectivity index (χ4v) is 0.694. The molecule has 0 amide bonds. The molecule has 2 heterocycles. The van der Waals surface area contributed by atoms with E-state index in [1.165, 1.54) is 0 Å². The number of ether oxygens (including phenoxy) is 1. The molecule has 1 aromatic rings. The predicted octanol–water partition coefficient (Wildman–Crippen LogP) is 0.171. The summed E-state index contributed by atoms with van der Waals surface area (Å²) in [7, 11) is 0. The summed E-state index contributed by atoms with van der Waals surface area (Å²) in [5, 5.41) is 2.94. The van der Waals surface area contributed by atoms with Crippen molar-refractivity contribution in [2.45, 2.75) is 0 Å². The summed E-state index contributed by atoms with van der Waals surface area (Å²) in [5.74, 6) is 1.55. The first-order valence-corrected chi connectivity index (χ1v) is 2.37. The molecule has 8 heavy (non-hydrogen) atoms. The summed E-state index contributed by atoms with van der Waals surface area (Å²) in [6.07, 6.45) is 1.59. The Morgan fingerprint density at radius 2 is 2.75 bits per heavy atom. The van der Waals surface area contributed by atoms with Crippen molar-refractivity contribution in [1.29, 1.82) is 0 Å². The molecule has 0 bridgehead atoms. The topological polar surface area (TPSA) is 49.9 Å². The van der Waals surface area contributed by atoms with Gasteiger partial charge in [-0.3, -0.25) is 0 Å². The van der Waals surface area contributed by atoms with Crippen LogP contribution in [0.15, 0.2) is 6.33 Å². The van der Waals surface area contributed by atoms with Gasteiger partial charge in [0.25, 0.3) is 5.88 Å². The number of imidazole rings is 1. The van der Waals surface area contributed by atoms with Crippen molar-refractivity contribution in [2.24, 2.45) is 0 Å². The molecule has 0 spiro atoms. The Bertz CT molecular complexity index is 176. The van der Waals surface area contributed by atoms with Crippen LogP contribution >= 0.6 is 0 Å². The van der Waals surface area contributed by atoms with Crippen LogP contribution in [0.3, 0.4) is 0 Å². The maximum atomic E-state index is 4.98. The number of nitrogens with one attached hydrogen (secondary N) is 2. The average molecular weight is 111 g/mol. The summed E-state index contributed by atoms with van der Waals surface area (Å²) in [6.45, 7) is 0.537. The number of fused-ring (bicyclic) bond motifs is 1. The summed E-state index contributed by atoms with van der Waals surface area (Å²) in [4.78, 5) is 6.73. The van der Waals surface area contributed by atoms with E-state index >= 15 is 0 Å². The van der Waals surface area contributed by atoms with Crippen LogP contribution in [0.4, 0.5) is 5.82 Å². The van der Waals surface area contributed by atoms with E-state index in [0.717, 1.165) is 5.82 Å². The van der Waals surface area contributed by atoms with E-state index in [4.69, 9.17) is 4.74 Å². The Hall–Kier alpha value is -1.19. The van der Waals surface area contributed by atoms with Gasteiger partial charge in [-0.2, -0.15) is 0 Å². The summed E-state index contributed by atoms with van der Waals surface area (Å²) in [6, 6.07) is 0. The monoisotopic (exact) mass is 111 g/mol. The number of rotatable bonds is 0. The zero-order chi connectivity index (χ0) is 5.40. The highest BCUT2D eigenvalue weighted by Gasteiger charge is 2.11. The van der Waals surface area contributed by atoms with Crippen LogP contribution in [-0.2, 0) is 0 Å². The molecule has 0 saturated carbocycles. The van der Waals surface area contributed by atoms with Crippen molar-refractivity contribution >= 4 is 5.82 Å². The first-order valence-electron chi connectivity index (χ1n) is 2.37. The van der Waals surface area contributed by atoms with Gasteiger partial charge in [0, 0.05) is 0 Å². The molecular weight excluding hydrogens is 106 g/mol. The number of hydrogen-bond acceptors (Lipinski definition) is 3. The smallest absolute Gasteiger partial charge is 0.258 e. The molecule has 0 fully saturated rings. The highest BCUT2D eigenvalue weighted by Crippen LogP contribution is 2.22. The Labute approximate surface area is 45.9 Å². The standard InChI is InChI=1S/C4H5N3O/c1-5-3-4(6-1)8-2-7-3/h1,7H,2H2,(H,5,6). The van der Waals surface area contributed by atoms with E-state index in [1.807, 2.05) is 0 Å². The third-order valence-electron chi connectivity index (χ3n) is 1.06. The van der Waals surface area contributed by atoms with Crippen molar-refractivity contribution in [3.05, 3.63) is 6.33 Å². The molecule has 1 aliphatic heterocycles. The molecular formula is C4H5N3O. The number of nitrogens with zero attached hydrogens (tertiary/aromatic N) is 1. The van der Waals surface area contributed by atoms with E-state index < -0.39 is 0 Å². The van der Waals surface area contributed by atoms with Crippen molar-refractivity contribution in [3.8, 4) is 5.88 Å². The molecule has 0 aliphatic carbocycles. The van der Waals surface area contributed by atoms with Crippen molar-refractivity contribution in [3.63, 3.8) is 0 Å². The van der Waals surface area contributed by atoms with E-state index in [0.29, 0.717) is 12.6 Å². The minimum absolute atomic E-state index is 0.537. The number of anilines is 1. The fraction of sp³-hybridized carbons (Fsp3) is 0.250. The van der Waals surface area contributed by atoms with Crippen molar-refractivity contribution < 1.29 is 4.74 Å². The van der Waals surface area contributed by atoms with Gasteiger partial charge in [0.2, 0.25) is 0 Å². The molecule has 4 heteroatoms. The zero-order valence-corrected chi connectivity index (χ0v) is 4.14. The molecule has 0 aromatic carbocycles. The van der Waals surface area contributed by atoms with E-state index in [9.17, 15) is 0 Å². The van der Waals surface area contributed by atoms with Gasteiger partial charge in [-0.1, -0.05) is 0 Å². The maximum Gasteiger partial charge on any atom is 0.258 e. The zero-order valence-electron chi connectivity index (χ0n) is 4.14. The first kappa shape index (κ1) is 3.77. The largest absolute Gasteiger partial charge is 0.454 e. The van der Waals surface area contributed by atoms with Crippen LogP contribution in [-0.4, -0.2) is 16.7 Å². The second-order valence-electron chi connectivity index (χ2n) is 1.55. The maximum absolute atomic E-state index is 4.98. The Morgan fingerprint density at radius 3 is 3.62 bits per heavy atom. The van der Waals surface area contributed by atoms with Crippen LogP contribution in [0.5, 0.6) is 5.88 Å². The van der Waals surface area contributed by atoms with E-state index in [1.54, 1.807) is 6.33 Å². The molecule has 2 rings (SSSR count). The lowest BCUT2D eigenvalue weighted by Crippen LogP contribution is -1.98. The van der Waals surface area contributed by atoms with Crippen LogP contribution in [0, 0.1) is 0 Å². The lowest BCUT2D eigenvalue weighted by atomic mass is 10.7. The quantitative estimate of drug-likeness (QED) is 0.501. The van der Waals surface area contributed by atoms with Crippen LogP contribution in [0.25, 0.3) is 0 Å². The number of H-pyrrole nitrogens is 1. The fourth-order valence-electron chi connectivity index (χ4n) is 0.694. The average Bonchev–Trinajstić information content (AvgIpc) is 2.15. The van der Waals surface area contributed by atoms with Gasteiger partial charge >= 0.3 is 0 Å². The number of hydrogen-bond donors (Lipinski definition) is 2. The Balaban J connectivity index is 2.54. The van der Waals surface area contributed by atoms with Crippen LogP contribution in [0.2, 0.25) is 0 Å². The van der Waals surface area contributed by atoms with Crippen LogP contribution in [0.1, 0.15) is 0 Å². The second-order valence-corrected chi connectivity index (χ2v) is 1.55. The molecule has 42 valence electrons. The van der Waals surface area contributed by atoms with Gasteiger partial charge in [0.1, 0.15) is 0 Å². The summed E-state index contributed by atoms with van der Waals surface area (Å²) >= 11 is 0. The minimum Gasteiger partial charge on any atom is -0.454 e. The normalized spacial score (nSPS) is 14.5. The van der Waals surface area contributed by atoms with Gasteiger partial charge in [0.15, 0.2) is 12.5 Å².